The number of aryl methyl sites for hydroxylation is 1. The summed E-state index contributed by atoms with van der Waals surface area (Å²) in [7, 11) is 3.71. The highest BCUT2D eigenvalue weighted by molar-refractivity contribution is 7.09. The number of piperidine rings is 1. The van der Waals surface area contributed by atoms with Crippen LogP contribution in [0.15, 0.2) is 23.6 Å². The number of aliphatic hydroxyl groups excluding tert-OH is 2. The van der Waals surface area contributed by atoms with Crippen LogP contribution in [0, 0.1) is 6.92 Å². The Hall–Kier alpha value is -1.71. The van der Waals surface area contributed by atoms with E-state index in [4.69, 9.17) is 9.47 Å². The number of thiazole rings is 1. The number of hydrogen-bond donors (Lipinski definition) is 2. The smallest absolute Gasteiger partial charge is 0.124 e. The van der Waals surface area contributed by atoms with Crippen molar-refractivity contribution >= 4 is 11.3 Å². The van der Waals surface area contributed by atoms with Crippen molar-refractivity contribution in [2.75, 3.05) is 40.4 Å². The van der Waals surface area contributed by atoms with Gasteiger partial charge >= 0.3 is 0 Å². The van der Waals surface area contributed by atoms with Gasteiger partial charge in [-0.05, 0) is 45.0 Å². The minimum absolute atomic E-state index is 0.207. The monoisotopic (exact) mass is 435 g/mol. The van der Waals surface area contributed by atoms with Crippen LogP contribution in [0.2, 0.25) is 0 Å². The molecule has 0 radical (unpaired) electrons. The molecule has 2 heterocycles. The first-order valence-corrected chi connectivity index (χ1v) is 11.3. The number of likely N-dealkylation sites (tertiary alicyclic amines) is 1. The van der Waals surface area contributed by atoms with Crippen molar-refractivity contribution in [2.24, 2.45) is 0 Å². The predicted octanol–water partition coefficient (Wildman–Crippen LogP) is 2.29. The molecule has 3 rings (SSSR count). The van der Waals surface area contributed by atoms with Crippen LogP contribution >= 0.6 is 11.3 Å². The molecule has 1 saturated heterocycles. The third-order valence-corrected chi connectivity index (χ3v) is 6.19. The molecule has 1 aromatic heterocycles. The zero-order chi connectivity index (χ0) is 21.5. The van der Waals surface area contributed by atoms with Crippen LogP contribution in [-0.2, 0) is 13.1 Å². The van der Waals surface area contributed by atoms with Gasteiger partial charge in [-0.3, -0.25) is 4.90 Å². The second kappa shape index (κ2) is 11.1. The Labute approximate surface area is 182 Å². The summed E-state index contributed by atoms with van der Waals surface area (Å²) in [6.45, 7) is 5.87. The van der Waals surface area contributed by atoms with E-state index in [0.717, 1.165) is 60.2 Å². The number of aromatic nitrogens is 1. The predicted molar refractivity (Wildman–Crippen MR) is 118 cm³/mol. The molecule has 166 valence electrons. The molecular weight excluding hydrogens is 402 g/mol. The normalized spacial score (nSPS) is 16.7. The minimum Gasteiger partial charge on any atom is -0.497 e. The Morgan fingerprint density at radius 1 is 1.30 bits per heavy atom. The van der Waals surface area contributed by atoms with Gasteiger partial charge in [0.2, 0.25) is 0 Å². The molecule has 7 nitrogen and oxygen atoms in total. The quantitative estimate of drug-likeness (QED) is 0.593. The lowest BCUT2D eigenvalue weighted by Crippen LogP contribution is -2.41. The molecule has 0 spiro atoms. The lowest BCUT2D eigenvalue weighted by molar-refractivity contribution is 0.0335. The van der Waals surface area contributed by atoms with Gasteiger partial charge in [0, 0.05) is 42.8 Å². The van der Waals surface area contributed by atoms with Crippen LogP contribution in [0.25, 0.3) is 0 Å². The van der Waals surface area contributed by atoms with E-state index >= 15 is 0 Å². The van der Waals surface area contributed by atoms with Crippen molar-refractivity contribution in [3.8, 4) is 11.5 Å². The van der Waals surface area contributed by atoms with Crippen molar-refractivity contribution < 1.29 is 19.7 Å². The maximum atomic E-state index is 10.4. The molecule has 0 aliphatic carbocycles. The first-order chi connectivity index (χ1) is 14.4. The summed E-state index contributed by atoms with van der Waals surface area (Å²) in [6, 6.07) is 5.76. The summed E-state index contributed by atoms with van der Waals surface area (Å²) in [5.74, 6) is 1.54. The highest BCUT2D eigenvalue weighted by atomic mass is 32.1. The molecule has 0 unspecified atom stereocenters. The van der Waals surface area contributed by atoms with Gasteiger partial charge in [-0.15, -0.1) is 11.3 Å². The number of nitrogens with zero attached hydrogens (tertiary/aromatic N) is 3. The fraction of sp³-hybridized carbons (Fsp3) is 0.591. The zero-order valence-corrected chi connectivity index (χ0v) is 18.9. The molecule has 8 heteroatoms. The number of β-amino-alcohol motifs (C(OH)–C–C–N with tert-alkyl or cyclic N) is 1. The summed E-state index contributed by atoms with van der Waals surface area (Å²) >= 11 is 1.67. The SMILES string of the molecule is COc1ccc(OC[C@@H](O)CN2CCC(O)CC2)c(CN(C)Cc2nc(C)cs2)c1. The summed E-state index contributed by atoms with van der Waals surface area (Å²) in [5, 5.41) is 23.2. The topological polar surface area (TPSA) is 78.3 Å². The maximum absolute atomic E-state index is 10.4. The Kier molecular flexibility index (Phi) is 8.47. The van der Waals surface area contributed by atoms with Gasteiger partial charge in [0.25, 0.3) is 0 Å². The van der Waals surface area contributed by atoms with Gasteiger partial charge in [0.05, 0.1) is 19.8 Å². The highest BCUT2D eigenvalue weighted by Gasteiger charge is 2.20. The molecule has 0 saturated carbocycles. The maximum Gasteiger partial charge on any atom is 0.124 e. The van der Waals surface area contributed by atoms with Crippen LogP contribution in [0.5, 0.6) is 11.5 Å². The van der Waals surface area contributed by atoms with Crippen LogP contribution < -0.4 is 9.47 Å². The average Bonchev–Trinajstić information content (AvgIpc) is 3.13. The molecule has 0 amide bonds. The van der Waals surface area contributed by atoms with Gasteiger partial charge in [0.15, 0.2) is 0 Å². The molecule has 1 aliphatic heterocycles. The van der Waals surface area contributed by atoms with Gasteiger partial charge in [-0.2, -0.15) is 0 Å². The molecular formula is C22H33N3O4S. The molecule has 2 N–H and O–H groups in total. The molecule has 1 aliphatic rings. The van der Waals surface area contributed by atoms with Crippen molar-refractivity contribution in [3.05, 3.63) is 39.8 Å². The number of rotatable bonds is 10. The molecule has 1 fully saturated rings. The summed E-state index contributed by atoms with van der Waals surface area (Å²) in [6.07, 6.45) is 0.746. The average molecular weight is 436 g/mol. The lowest BCUT2D eigenvalue weighted by atomic mass is 10.1. The van der Waals surface area contributed by atoms with Gasteiger partial charge in [-0.1, -0.05) is 0 Å². The van der Waals surface area contributed by atoms with Gasteiger partial charge in [0.1, 0.15) is 29.2 Å². The summed E-state index contributed by atoms with van der Waals surface area (Å²) in [5.41, 5.74) is 2.06. The first-order valence-electron chi connectivity index (χ1n) is 10.4. The Morgan fingerprint density at radius 2 is 2.07 bits per heavy atom. The number of aliphatic hydroxyl groups is 2. The molecule has 30 heavy (non-hydrogen) atoms. The van der Waals surface area contributed by atoms with E-state index < -0.39 is 6.10 Å². The standard InChI is InChI=1S/C22H33N3O4S/c1-16-15-30-22(23-16)13-24(2)11-17-10-20(28-3)4-5-21(17)29-14-19(27)12-25-8-6-18(26)7-9-25/h4-5,10,15,18-19,26-27H,6-9,11-14H2,1-3H3/t19-/m0/s1. The number of hydrogen-bond acceptors (Lipinski definition) is 8. The van der Waals surface area contributed by atoms with Crippen LogP contribution in [0.4, 0.5) is 0 Å². The molecule has 1 atom stereocenters. The number of benzene rings is 1. The Morgan fingerprint density at radius 3 is 2.73 bits per heavy atom. The lowest BCUT2D eigenvalue weighted by Gasteiger charge is -2.31. The van der Waals surface area contributed by atoms with E-state index in [1.807, 2.05) is 25.1 Å². The van der Waals surface area contributed by atoms with Crippen LogP contribution in [0.1, 0.15) is 29.1 Å². The minimum atomic E-state index is -0.578. The Bertz CT molecular complexity index is 792. The fourth-order valence-corrected chi connectivity index (χ4v) is 4.49. The second-order valence-electron chi connectivity index (χ2n) is 8.03. The third kappa shape index (κ3) is 6.92. The summed E-state index contributed by atoms with van der Waals surface area (Å²) < 4.78 is 11.4. The largest absolute Gasteiger partial charge is 0.497 e. The summed E-state index contributed by atoms with van der Waals surface area (Å²) in [4.78, 5) is 8.91. The fourth-order valence-electron chi connectivity index (χ4n) is 3.64. The van der Waals surface area contributed by atoms with Gasteiger partial charge < -0.3 is 24.6 Å². The van der Waals surface area contributed by atoms with E-state index in [2.05, 4.69) is 27.2 Å². The molecule has 0 bridgehead atoms. The molecule has 1 aromatic carbocycles. The molecule has 2 aromatic rings. The second-order valence-corrected chi connectivity index (χ2v) is 8.97. The van der Waals surface area contributed by atoms with Crippen molar-refractivity contribution in [3.63, 3.8) is 0 Å². The first kappa shape index (κ1) is 23.0. The Balaban J connectivity index is 1.57. The third-order valence-electron chi connectivity index (χ3n) is 5.24. The van der Waals surface area contributed by atoms with Crippen LogP contribution in [0.3, 0.4) is 0 Å². The van der Waals surface area contributed by atoms with E-state index in [1.165, 1.54) is 0 Å². The van der Waals surface area contributed by atoms with Crippen LogP contribution in [-0.4, -0.2) is 77.6 Å². The van der Waals surface area contributed by atoms with Crippen molar-refractivity contribution in [1.29, 1.82) is 0 Å². The van der Waals surface area contributed by atoms with E-state index in [0.29, 0.717) is 13.1 Å². The van der Waals surface area contributed by atoms with Gasteiger partial charge in [-0.25, -0.2) is 4.98 Å². The number of ether oxygens (including phenoxy) is 2. The van der Waals surface area contributed by atoms with Crippen molar-refractivity contribution in [1.82, 2.24) is 14.8 Å². The zero-order valence-electron chi connectivity index (χ0n) is 18.1. The van der Waals surface area contributed by atoms with E-state index in [1.54, 1.807) is 18.4 Å². The number of methoxy groups -OCH3 is 1. The van der Waals surface area contributed by atoms with Crippen molar-refractivity contribution in [2.45, 2.75) is 45.1 Å². The van der Waals surface area contributed by atoms with E-state index in [9.17, 15) is 10.2 Å². The highest BCUT2D eigenvalue weighted by Crippen LogP contribution is 2.26. The van der Waals surface area contributed by atoms with E-state index in [-0.39, 0.29) is 12.7 Å².